The molecule has 0 atom stereocenters. The third kappa shape index (κ3) is 3.04. The predicted octanol–water partition coefficient (Wildman–Crippen LogP) is 3.32. The molecular weight excluding hydrogens is 220 g/mol. The lowest BCUT2D eigenvalue weighted by molar-refractivity contribution is 0.112. The molecule has 0 radical (unpaired) electrons. The minimum absolute atomic E-state index is 0.310. The number of carbonyl (C=O) groups excluding carboxylic acids is 1. The van der Waals surface area contributed by atoms with E-state index in [2.05, 4.69) is 30.7 Å². The molecule has 0 unspecified atom stereocenters. The van der Waals surface area contributed by atoms with Gasteiger partial charge in [0.15, 0.2) is 11.4 Å². The third-order valence-electron chi connectivity index (χ3n) is 2.50. The lowest BCUT2D eigenvalue weighted by Crippen LogP contribution is -2.18. The van der Waals surface area contributed by atoms with Crippen molar-refractivity contribution in [1.29, 1.82) is 0 Å². The van der Waals surface area contributed by atoms with Gasteiger partial charge in [0.1, 0.15) is 0 Å². The van der Waals surface area contributed by atoms with E-state index >= 15 is 0 Å². The maximum atomic E-state index is 10.9. The Labute approximate surface area is 101 Å². The average Bonchev–Trinajstić information content (AvgIpc) is 2.69. The van der Waals surface area contributed by atoms with E-state index in [9.17, 15) is 4.79 Å². The van der Waals surface area contributed by atoms with Crippen LogP contribution >= 0.6 is 11.3 Å². The maximum Gasteiger partial charge on any atom is 0.185 e. The number of nitrogens with zero attached hydrogens (tertiary/aromatic N) is 2. The highest BCUT2D eigenvalue weighted by Crippen LogP contribution is 2.28. The van der Waals surface area contributed by atoms with Crippen molar-refractivity contribution in [2.24, 2.45) is 0 Å². The van der Waals surface area contributed by atoms with Crippen LogP contribution in [0.3, 0.4) is 0 Å². The molecule has 0 spiro atoms. The molecule has 3 nitrogen and oxygen atoms in total. The van der Waals surface area contributed by atoms with E-state index in [4.69, 9.17) is 0 Å². The van der Waals surface area contributed by atoms with Gasteiger partial charge in [-0.1, -0.05) is 38.5 Å². The Balaban J connectivity index is 2.85. The van der Waals surface area contributed by atoms with Crippen LogP contribution in [0.1, 0.15) is 54.9 Å². The van der Waals surface area contributed by atoms with Gasteiger partial charge in [0.2, 0.25) is 0 Å². The van der Waals surface area contributed by atoms with Crippen LogP contribution < -0.4 is 4.90 Å². The van der Waals surface area contributed by atoms with E-state index in [-0.39, 0.29) is 0 Å². The normalized spacial score (nSPS) is 10.8. The van der Waals surface area contributed by atoms with Crippen LogP contribution in [-0.4, -0.2) is 24.9 Å². The molecule has 0 N–H and O–H groups in total. The fraction of sp³-hybridized carbons (Fsp3) is 0.667. The second kappa shape index (κ2) is 5.99. The molecule has 1 aromatic heterocycles. The number of hydrogen-bond donors (Lipinski definition) is 0. The Bertz CT molecular complexity index is 347. The van der Waals surface area contributed by atoms with Crippen LogP contribution in [0.4, 0.5) is 5.13 Å². The van der Waals surface area contributed by atoms with Gasteiger partial charge in [0, 0.05) is 13.6 Å². The number of aromatic nitrogens is 1. The van der Waals surface area contributed by atoms with Gasteiger partial charge in [0.25, 0.3) is 0 Å². The maximum absolute atomic E-state index is 10.9. The van der Waals surface area contributed by atoms with Gasteiger partial charge in [-0.05, 0) is 12.3 Å². The minimum atomic E-state index is 0.310. The summed E-state index contributed by atoms with van der Waals surface area (Å²) in [5, 5.41) is 0.958. The van der Waals surface area contributed by atoms with Gasteiger partial charge in [-0.2, -0.15) is 0 Å². The average molecular weight is 240 g/mol. The van der Waals surface area contributed by atoms with E-state index < -0.39 is 0 Å². The summed E-state index contributed by atoms with van der Waals surface area (Å²) < 4.78 is 0. The summed E-state index contributed by atoms with van der Waals surface area (Å²) in [5.74, 6) is 0.310. The number of anilines is 1. The molecule has 1 heterocycles. The fourth-order valence-electron chi connectivity index (χ4n) is 1.48. The molecule has 0 saturated heterocycles. The van der Waals surface area contributed by atoms with Crippen molar-refractivity contribution in [2.45, 2.75) is 39.5 Å². The Morgan fingerprint density at radius 3 is 2.62 bits per heavy atom. The first kappa shape index (κ1) is 13.2. The molecule has 0 bridgehead atoms. The number of carbonyl (C=O) groups is 1. The zero-order chi connectivity index (χ0) is 12.1. The van der Waals surface area contributed by atoms with Crippen LogP contribution in [-0.2, 0) is 0 Å². The van der Waals surface area contributed by atoms with Crippen LogP contribution in [0.15, 0.2) is 0 Å². The van der Waals surface area contributed by atoms with E-state index in [0.29, 0.717) is 5.92 Å². The van der Waals surface area contributed by atoms with E-state index in [1.54, 1.807) is 0 Å². The van der Waals surface area contributed by atoms with Gasteiger partial charge in [-0.15, -0.1) is 0 Å². The number of aldehydes is 1. The molecule has 0 amide bonds. The van der Waals surface area contributed by atoms with Gasteiger partial charge in [-0.25, -0.2) is 4.98 Å². The molecule has 4 heteroatoms. The van der Waals surface area contributed by atoms with E-state index in [1.165, 1.54) is 17.8 Å². The van der Waals surface area contributed by atoms with Gasteiger partial charge < -0.3 is 4.90 Å². The summed E-state index contributed by atoms with van der Waals surface area (Å²) in [6, 6.07) is 0. The number of thiazole rings is 1. The molecule has 90 valence electrons. The Morgan fingerprint density at radius 2 is 2.19 bits per heavy atom. The van der Waals surface area contributed by atoms with Crippen LogP contribution in [0.25, 0.3) is 0 Å². The SMILES string of the molecule is CCCCN(C)c1nc(C(C)C)c(C=O)s1. The fourth-order valence-corrected chi connectivity index (χ4v) is 2.51. The first-order chi connectivity index (χ1) is 7.60. The van der Waals surface area contributed by atoms with Crippen molar-refractivity contribution >= 4 is 22.8 Å². The molecule has 0 saturated carbocycles. The summed E-state index contributed by atoms with van der Waals surface area (Å²) in [7, 11) is 2.03. The lowest BCUT2D eigenvalue weighted by atomic mass is 10.1. The zero-order valence-corrected chi connectivity index (χ0v) is 11.3. The predicted molar refractivity (Wildman–Crippen MR) is 69.8 cm³/mol. The Morgan fingerprint density at radius 1 is 1.50 bits per heavy atom. The zero-order valence-electron chi connectivity index (χ0n) is 10.5. The smallest absolute Gasteiger partial charge is 0.185 e. The van der Waals surface area contributed by atoms with E-state index in [1.807, 2.05) is 7.05 Å². The quantitative estimate of drug-likeness (QED) is 0.715. The van der Waals surface area contributed by atoms with Crippen molar-refractivity contribution in [1.82, 2.24) is 4.98 Å². The van der Waals surface area contributed by atoms with Crippen LogP contribution in [0.5, 0.6) is 0 Å². The molecule has 0 aliphatic rings. The molecule has 16 heavy (non-hydrogen) atoms. The van der Waals surface area contributed by atoms with Gasteiger partial charge in [0.05, 0.1) is 10.6 Å². The number of hydrogen-bond acceptors (Lipinski definition) is 4. The monoisotopic (exact) mass is 240 g/mol. The van der Waals surface area contributed by atoms with Gasteiger partial charge in [-0.3, -0.25) is 4.79 Å². The first-order valence-electron chi connectivity index (χ1n) is 5.77. The Hall–Kier alpha value is -0.900. The molecule has 0 aliphatic carbocycles. The molecule has 0 fully saturated rings. The summed E-state index contributed by atoms with van der Waals surface area (Å²) in [5.41, 5.74) is 0.929. The second-order valence-corrected chi connectivity index (χ2v) is 5.30. The highest BCUT2D eigenvalue weighted by molar-refractivity contribution is 7.17. The summed E-state index contributed by atoms with van der Waals surface area (Å²) in [6.45, 7) is 7.31. The standard InChI is InChI=1S/C12H20N2OS/c1-5-6-7-14(4)12-13-11(9(2)3)10(8-15)16-12/h8-9H,5-7H2,1-4H3. The molecule has 0 aromatic carbocycles. The highest BCUT2D eigenvalue weighted by atomic mass is 32.1. The van der Waals surface area contributed by atoms with Crippen LogP contribution in [0, 0.1) is 0 Å². The first-order valence-corrected chi connectivity index (χ1v) is 6.58. The minimum Gasteiger partial charge on any atom is -0.351 e. The Kier molecular flexibility index (Phi) is 4.93. The number of rotatable bonds is 6. The summed E-state index contributed by atoms with van der Waals surface area (Å²) in [4.78, 5) is 18.4. The summed E-state index contributed by atoms with van der Waals surface area (Å²) in [6.07, 6.45) is 3.25. The second-order valence-electron chi connectivity index (χ2n) is 4.29. The van der Waals surface area contributed by atoms with E-state index in [0.717, 1.165) is 35.0 Å². The third-order valence-corrected chi connectivity index (χ3v) is 3.61. The van der Waals surface area contributed by atoms with Crippen molar-refractivity contribution in [3.8, 4) is 0 Å². The molecule has 1 aromatic rings. The topological polar surface area (TPSA) is 33.2 Å². The van der Waals surface area contributed by atoms with Crippen LogP contribution in [0.2, 0.25) is 0 Å². The highest BCUT2D eigenvalue weighted by Gasteiger charge is 2.15. The molecule has 0 aliphatic heterocycles. The van der Waals surface area contributed by atoms with Crippen molar-refractivity contribution in [3.05, 3.63) is 10.6 Å². The summed E-state index contributed by atoms with van der Waals surface area (Å²) >= 11 is 1.49. The molecule has 1 rings (SSSR count). The number of unbranched alkanes of at least 4 members (excludes halogenated alkanes) is 1. The molecular formula is C12H20N2OS. The van der Waals surface area contributed by atoms with Crippen molar-refractivity contribution in [3.63, 3.8) is 0 Å². The van der Waals surface area contributed by atoms with Gasteiger partial charge >= 0.3 is 0 Å². The van der Waals surface area contributed by atoms with Crippen molar-refractivity contribution < 1.29 is 4.79 Å². The van der Waals surface area contributed by atoms with Crippen molar-refractivity contribution in [2.75, 3.05) is 18.5 Å². The lowest BCUT2D eigenvalue weighted by Gasteiger charge is -2.14. The largest absolute Gasteiger partial charge is 0.351 e.